The summed E-state index contributed by atoms with van der Waals surface area (Å²) in [5.74, 6) is 1.54. The van der Waals surface area contributed by atoms with Gasteiger partial charge in [0.2, 0.25) is 0 Å². The molecule has 0 N–H and O–H groups in total. The summed E-state index contributed by atoms with van der Waals surface area (Å²) in [5, 5.41) is 4.27. The quantitative estimate of drug-likeness (QED) is 0.681. The summed E-state index contributed by atoms with van der Waals surface area (Å²) in [6.45, 7) is 4.96. The zero-order chi connectivity index (χ0) is 14.8. The van der Waals surface area contributed by atoms with Gasteiger partial charge in [-0.2, -0.15) is 5.10 Å². The number of aromatic nitrogens is 5. The van der Waals surface area contributed by atoms with E-state index in [1.54, 1.807) is 6.20 Å². The Morgan fingerprint density at radius 3 is 2.95 bits per heavy atom. The highest BCUT2D eigenvalue weighted by molar-refractivity contribution is 6.17. The number of rotatable bonds is 5. The van der Waals surface area contributed by atoms with Gasteiger partial charge in [0.05, 0.1) is 12.6 Å². The van der Waals surface area contributed by atoms with Crippen molar-refractivity contribution in [3.8, 4) is 0 Å². The Kier molecular flexibility index (Phi) is 3.92. The summed E-state index contributed by atoms with van der Waals surface area (Å²) < 4.78 is 4.11. The summed E-state index contributed by atoms with van der Waals surface area (Å²) in [6.07, 6.45) is 6.38. The molecule has 3 heterocycles. The van der Waals surface area contributed by atoms with Crippen molar-refractivity contribution in [1.29, 1.82) is 0 Å². The van der Waals surface area contributed by atoms with Gasteiger partial charge in [-0.1, -0.05) is 0 Å². The molecule has 1 unspecified atom stereocenters. The van der Waals surface area contributed by atoms with Gasteiger partial charge in [-0.05, 0) is 31.5 Å². The second kappa shape index (κ2) is 5.85. The van der Waals surface area contributed by atoms with Crippen molar-refractivity contribution in [2.75, 3.05) is 5.88 Å². The SMILES string of the molecule is Cc1cnc2c(c1)nc(CCCl)n2C(C)Cn1cccn1. The lowest BCUT2D eigenvalue weighted by Crippen LogP contribution is -2.16. The molecular weight excluding hydrogens is 286 g/mol. The Hall–Kier alpha value is -1.88. The van der Waals surface area contributed by atoms with E-state index in [2.05, 4.69) is 27.6 Å². The first kappa shape index (κ1) is 14.1. The van der Waals surface area contributed by atoms with Crippen LogP contribution in [0, 0.1) is 6.92 Å². The predicted molar refractivity (Wildman–Crippen MR) is 83.6 cm³/mol. The molecule has 0 aliphatic heterocycles. The number of fused-ring (bicyclic) bond motifs is 1. The number of halogens is 1. The summed E-state index contributed by atoms with van der Waals surface area (Å²) in [4.78, 5) is 9.26. The van der Waals surface area contributed by atoms with Crippen molar-refractivity contribution in [3.63, 3.8) is 0 Å². The van der Waals surface area contributed by atoms with Crippen molar-refractivity contribution < 1.29 is 0 Å². The topological polar surface area (TPSA) is 48.5 Å². The number of aryl methyl sites for hydroxylation is 2. The van der Waals surface area contributed by atoms with E-state index in [1.165, 1.54) is 0 Å². The normalized spacial score (nSPS) is 12.9. The van der Waals surface area contributed by atoms with Crippen LogP contribution in [-0.4, -0.2) is 30.2 Å². The first-order valence-corrected chi connectivity index (χ1v) is 7.59. The van der Waals surface area contributed by atoms with Gasteiger partial charge in [0.1, 0.15) is 11.3 Å². The maximum Gasteiger partial charge on any atom is 0.160 e. The van der Waals surface area contributed by atoms with E-state index >= 15 is 0 Å². The molecule has 3 rings (SSSR count). The molecule has 0 fully saturated rings. The molecular formula is C15H18ClN5. The molecule has 21 heavy (non-hydrogen) atoms. The monoisotopic (exact) mass is 303 g/mol. The predicted octanol–water partition coefficient (Wildman–Crippen LogP) is 2.98. The second-order valence-corrected chi connectivity index (χ2v) is 5.65. The van der Waals surface area contributed by atoms with Crippen molar-refractivity contribution in [3.05, 3.63) is 42.1 Å². The van der Waals surface area contributed by atoms with Gasteiger partial charge in [0, 0.05) is 30.9 Å². The van der Waals surface area contributed by atoms with Crippen molar-refractivity contribution >= 4 is 22.8 Å². The summed E-state index contributed by atoms with van der Waals surface area (Å²) in [7, 11) is 0. The number of pyridine rings is 1. The zero-order valence-corrected chi connectivity index (χ0v) is 13.0. The standard InChI is InChI=1S/C15H18ClN5/c1-11-8-13-15(17-9-11)21(14(19-13)4-5-16)12(2)10-20-7-3-6-18-20/h3,6-9,12H,4-5,10H2,1-2H3. The summed E-state index contributed by atoms with van der Waals surface area (Å²) in [6, 6.07) is 4.21. The van der Waals surface area contributed by atoms with Crippen LogP contribution >= 0.6 is 11.6 Å². The minimum absolute atomic E-state index is 0.211. The van der Waals surface area contributed by atoms with Crippen molar-refractivity contribution in [2.45, 2.75) is 32.9 Å². The van der Waals surface area contributed by atoms with Crippen LogP contribution in [0.4, 0.5) is 0 Å². The van der Waals surface area contributed by atoms with Crippen molar-refractivity contribution in [2.24, 2.45) is 0 Å². The molecule has 1 atom stereocenters. The molecule has 0 aromatic carbocycles. The molecule has 0 radical (unpaired) electrons. The lowest BCUT2D eigenvalue weighted by molar-refractivity contribution is 0.434. The van der Waals surface area contributed by atoms with Crippen LogP contribution < -0.4 is 0 Å². The third-order valence-electron chi connectivity index (χ3n) is 3.51. The highest BCUT2D eigenvalue weighted by Crippen LogP contribution is 2.22. The number of hydrogen-bond donors (Lipinski definition) is 0. The highest BCUT2D eigenvalue weighted by atomic mass is 35.5. The third kappa shape index (κ3) is 2.78. The maximum absolute atomic E-state index is 5.92. The Balaban J connectivity index is 2.03. The first-order valence-electron chi connectivity index (χ1n) is 7.06. The molecule has 5 nitrogen and oxygen atoms in total. The van der Waals surface area contributed by atoms with E-state index in [0.717, 1.165) is 35.5 Å². The minimum atomic E-state index is 0.211. The summed E-state index contributed by atoms with van der Waals surface area (Å²) in [5.41, 5.74) is 2.96. The van der Waals surface area contributed by atoms with Crippen LogP contribution in [0.5, 0.6) is 0 Å². The molecule has 3 aromatic heterocycles. The molecule has 0 aliphatic rings. The van der Waals surface area contributed by atoms with Gasteiger partial charge in [0.15, 0.2) is 5.65 Å². The lowest BCUT2D eigenvalue weighted by Gasteiger charge is -2.17. The van der Waals surface area contributed by atoms with Crippen LogP contribution in [0.1, 0.15) is 24.4 Å². The average Bonchev–Trinajstić information content (AvgIpc) is 3.05. The van der Waals surface area contributed by atoms with Crippen LogP contribution in [0.3, 0.4) is 0 Å². The lowest BCUT2D eigenvalue weighted by atomic mass is 10.3. The fraction of sp³-hybridized carbons (Fsp3) is 0.400. The van der Waals surface area contributed by atoms with E-state index in [-0.39, 0.29) is 6.04 Å². The number of nitrogens with zero attached hydrogens (tertiary/aromatic N) is 5. The van der Waals surface area contributed by atoms with Gasteiger partial charge >= 0.3 is 0 Å². The van der Waals surface area contributed by atoms with Gasteiger partial charge in [-0.3, -0.25) is 4.68 Å². The minimum Gasteiger partial charge on any atom is -0.308 e. The van der Waals surface area contributed by atoms with Crippen LogP contribution in [-0.2, 0) is 13.0 Å². The number of hydrogen-bond acceptors (Lipinski definition) is 3. The Bertz CT molecular complexity index is 732. The van der Waals surface area contributed by atoms with Gasteiger partial charge in [0.25, 0.3) is 0 Å². The van der Waals surface area contributed by atoms with Gasteiger partial charge in [-0.25, -0.2) is 9.97 Å². The molecule has 0 amide bonds. The van der Waals surface area contributed by atoms with E-state index in [1.807, 2.05) is 30.1 Å². The highest BCUT2D eigenvalue weighted by Gasteiger charge is 2.17. The number of alkyl halides is 1. The third-order valence-corrected chi connectivity index (χ3v) is 3.70. The van der Waals surface area contributed by atoms with Crippen LogP contribution in [0.2, 0.25) is 0 Å². The van der Waals surface area contributed by atoms with E-state index in [0.29, 0.717) is 5.88 Å². The Labute approximate surface area is 128 Å². The molecule has 6 heteroatoms. The van der Waals surface area contributed by atoms with E-state index in [4.69, 9.17) is 16.6 Å². The van der Waals surface area contributed by atoms with E-state index in [9.17, 15) is 0 Å². The Morgan fingerprint density at radius 2 is 2.24 bits per heavy atom. The largest absolute Gasteiger partial charge is 0.308 e. The fourth-order valence-corrected chi connectivity index (χ4v) is 2.78. The van der Waals surface area contributed by atoms with Crippen LogP contribution in [0.15, 0.2) is 30.7 Å². The molecule has 3 aromatic rings. The van der Waals surface area contributed by atoms with Crippen LogP contribution in [0.25, 0.3) is 11.2 Å². The molecule has 110 valence electrons. The smallest absolute Gasteiger partial charge is 0.160 e. The molecule has 0 aliphatic carbocycles. The molecule has 0 saturated heterocycles. The molecule has 0 bridgehead atoms. The fourth-order valence-electron chi connectivity index (χ4n) is 2.61. The van der Waals surface area contributed by atoms with Gasteiger partial charge in [-0.15, -0.1) is 11.6 Å². The average molecular weight is 304 g/mol. The van der Waals surface area contributed by atoms with Gasteiger partial charge < -0.3 is 4.57 Å². The number of imidazole rings is 1. The zero-order valence-electron chi connectivity index (χ0n) is 12.2. The molecule has 0 spiro atoms. The Morgan fingerprint density at radius 1 is 1.38 bits per heavy atom. The van der Waals surface area contributed by atoms with Crippen molar-refractivity contribution in [1.82, 2.24) is 24.3 Å². The molecule has 0 saturated carbocycles. The second-order valence-electron chi connectivity index (χ2n) is 5.27. The summed E-state index contributed by atoms with van der Waals surface area (Å²) >= 11 is 5.92. The van der Waals surface area contributed by atoms with E-state index < -0.39 is 0 Å². The maximum atomic E-state index is 5.92. The first-order chi connectivity index (χ1) is 10.2.